The molecule has 0 amide bonds. The largest absolute Gasteiger partial charge is 0.376 e. The van der Waals surface area contributed by atoms with Crippen molar-refractivity contribution in [3.8, 4) is 0 Å². The number of nitrogens with zero attached hydrogens (tertiary/aromatic N) is 3. The minimum Gasteiger partial charge on any atom is -0.376 e. The Balaban J connectivity index is 2.15. The van der Waals surface area contributed by atoms with E-state index in [1.165, 1.54) is 6.42 Å². The van der Waals surface area contributed by atoms with E-state index in [-0.39, 0.29) is 0 Å². The molecular formula is C14H24N4OS. The highest BCUT2D eigenvalue weighted by Crippen LogP contribution is 2.22. The van der Waals surface area contributed by atoms with E-state index in [1.54, 1.807) is 11.8 Å². The third-order valence-corrected chi connectivity index (χ3v) is 3.93. The van der Waals surface area contributed by atoms with E-state index in [2.05, 4.69) is 34.0 Å². The molecule has 1 N–H and O–H groups in total. The topological polar surface area (TPSA) is 50.3 Å². The van der Waals surface area contributed by atoms with E-state index >= 15 is 0 Å². The highest BCUT2D eigenvalue weighted by atomic mass is 32.2. The van der Waals surface area contributed by atoms with E-state index in [1.807, 2.05) is 12.3 Å². The summed E-state index contributed by atoms with van der Waals surface area (Å²) in [6.45, 7) is 7.82. The van der Waals surface area contributed by atoms with Gasteiger partial charge in [0.1, 0.15) is 11.6 Å². The van der Waals surface area contributed by atoms with Gasteiger partial charge in [-0.25, -0.2) is 9.97 Å². The predicted molar refractivity (Wildman–Crippen MR) is 84.8 cm³/mol. The first-order valence-corrected chi connectivity index (χ1v) is 8.52. The van der Waals surface area contributed by atoms with Crippen molar-refractivity contribution in [2.75, 3.05) is 42.7 Å². The molecule has 0 aliphatic carbocycles. The Labute approximate surface area is 125 Å². The molecule has 1 aliphatic heterocycles. The number of anilines is 2. The van der Waals surface area contributed by atoms with Crippen LogP contribution in [0.5, 0.6) is 0 Å². The van der Waals surface area contributed by atoms with Gasteiger partial charge in [-0.3, -0.25) is 0 Å². The number of rotatable bonds is 7. The first kappa shape index (κ1) is 15.4. The Kier molecular flexibility index (Phi) is 5.91. The van der Waals surface area contributed by atoms with Crippen LogP contribution in [0.1, 0.15) is 26.7 Å². The van der Waals surface area contributed by atoms with Crippen molar-refractivity contribution >= 4 is 23.4 Å². The van der Waals surface area contributed by atoms with Gasteiger partial charge >= 0.3 is 0 Å². The smallest absolute Gasteiger partial charge is 0.191 e. The molecule has 1 saturated heterocycles. The lowest BCUT2D eigenvalue weighted by atomic mass is 10.2. The van der Waals surface area contributed by atoms with Crippen LogP contribution in [0.25, 0.3) is 0 Å². The fourth-order valence-electron chi connectivity index (χ4n) is 2.36. The van der Waals surface area contributed by atoms with Crippen molar-refractivity contribution < 1.29 is 4.74 Å². The van der Waals surface area contributed by atoms with Gasteiger partial charge in [0, 0.05) is 32.3 Å². The van der Waals surface area contributed by atoms with E-state index in [0.717, 1.165) is 49.5 Å². The maximum absolute atomic E-state index is 5.74. The number of hydrogen-bond acceptors (Lipinski definition) is 6. The van der Waals surface area contributed by atoms with Crippen LogP contribution in [-0.4, -0.2) is 48.6 Å². The summed E-state index contributed by atoms with van der Waals surface area (Å²) < 4.78 is 5.74. The quantitative estimate of drug-likeness (QED) is 0.616. The van der Waals surface area contributed by atoms with Crippen LogP contribution in [0.4, 0.5) is 11.6 Å². The number of likely N-dealkylation sites (N-methyl/N-ethyl adjacent to an activating group) is 1. The van der Waals surface area contributed by atoms with Crippen molar-refractivity contribution in [1.82, 2.24) is 9.97 Å². The van der Waals surface area contributed by atoms with Gasteiger partial charge in [-0.05, 0) is 32.9 Å². The van der Waals surface area contributed by atoms with Gasteiger partial charge in [-0.2, -0.15) is 0 Å². The number of hydrogen-bond donors (Lipinski definition) is 1. The molecule has 0 spiro atoms. The van der Waals surface area contributed by atoms with Gasteiger partial charge < -0.3 is 15.0 Å². The van der Waals surface area contributed by atoms with Crippen molar-refractivity contribution in [1.29, 1.82) is 0 Å². The molecule has 1 atom stereocenters. The summed E-state index contributed by atoms with van der Waals surface area (Å²) in [6.07, 6.45) is 4.66. The molecular weight excluding hydrogens is 272 g/mol. The van der Waals surface area contributed by atoms with Crippen molar-refractivity contribution in [3.05, 3.63) is 6.07 Å². The highest BCUT2D eigenvalue weighted by Gasteiger charge is 2.20. The Hall–Kier alpha value is -1.01. The van der Waals surface area contributed by atoms with Crippen LogP contribution in [-0.2, 0) is 4.74 Å². The molecule has 6 heteroatoms. The van der Waals surface area contributed by atoms with Crippen molar-refractivity contribution in [3.63, 3.8) is 0 Å². The second kappa shape index (κ2) is 7.69. The van der Waals surface area contributed by atoms with E-state index in [9.17, 15) is 0 Å². The molecule has 1 aromatic heterocycles. The van der Waals surface area contributed by atoms with Gasteiger partial charge in [-0.15, -0.1) is 0 Å². The fraction of sp³-hybridized carbons (Fsp3) is 0.714. The van der Waals surface area contributed by atoms with E-state index in [4.69, 9.17) is 4.74 Å². The fourth-order valence-corrected chi connectivity index (χ4v) is 2.73. The second-order valence-corrected chi connectivity index (χ2v) is 5.58. The molecule has 1 fully saturated rings. The summed E-state index contributed by atoms with van der Waals surface area (Å²) in [7, 11) is 0. The SMILES string of the molecule is CCNc1cc(N(CC)CC2CCCO2)nc(SC)n1. The molecule has 0 bridgehead atoms. The Morgan fingerprint density at radius 2 is 2.30 bits per heavy atom. The van der Waals surface area contributed by atoms with Crippen LogP contribution < -0.4 is 10.2 Å². The average molecular weight is 296 g/mol. The lowest BCUT2D eigenvalue weighted by molar-refractivity contribution is 0.115. The first-order valence-electron chi connectivity index (χ1n) is 7.30. The predicted octanol–water partition coefficient (Wildman–Crippen LogP) is 2.64. The molecule has 20 heavy (non-hydrogen) atoms. The summed E-state index contributed by atoms with van der Waals surface area (Å²) in [5, 5.41) is 4.08. The maximum Gasteiger partial charge on any atom is 0.191 e. The zero-order valence-corrected chi connectivity index (χ0v) is 13.4. The molecule has 0 radical (unpaired) electrons. The number of ether oxygens (including phenoxy) is 1. The monoisotopic (exact) mass is 296 g/mol. The Bertz CT molecular complexity index is 424. The Morgan fingerprint density at radius 1 is 1.45 bits per heavy atom. The number of nitrogens with one attached hydrogen (secondary N) is 1. The molecule has 5 nitrogen and oxygen atoms in total. The Morgan fingerprint density at radius 3 is 2.90 bits per heavy atom. The molecule has 2 rings (SSSR count). The van der Waals surface area contributed by atoms with Crippen LogP contribution >= 0.6 is 11.8 Å². The van der Waals surface area contributed by atoms with Crippen molar-refractivity contribution in [2.24, 2.45) is 0 Å². The van der Waals surface area contributed by atoms with Crippen LogP contribution in [0.15, 0.2) is 11.2 Å². The second-order valence-electron chi connectivity index (χ2n) is 4.80. The molecule has 2 heterocycles. The zero-order valence-electron chi connectivity index (χ0n) is 12.6. The summed E-state index contributed by atoms with van der Waals surface area (Å²) in [5.41, 5.74) is 0. The maximum atomic E-state index is 5.74. The molecule has 1 unspecified atom stereocenters. The zero-order chi connectivity index (χ0) is 14.4. The lowest BCUT2D eigenvalue weighted by Crippen LogP contribution is -2.32. The molecule has 1 aliphatic rings. The van der Waals surface area contributed by atoms with Gasteiger partial charge in [0.2, 0.25) is 0 Å². The minimum absolute atomic E-state index is 0.338. The minimum atomic E-state index is 0.338. The molecule has 1 aromatic rings. The highest BCUT2D eigenvalue weighted by molar-refractivity contribution is 7.98. The molecule has 0 aromatic carbocycles. The van der Waals surface area contributed by atoms with Crippen LogP contribution in [0.2, 0.25) is 0 Å². The number of aromatic nitrogens is 2. The van der Waals surface area contributed by atoms with Crippen LogP contribution in [0, 0.1) is 0 Å². The normalized spacial score (nSPS) is 18.2. The van der Waals surface area contributed by atoms with Crippen molar-refractivity contribution in [2.45, 2.75) is 37.9 Å². The van der Waals surface area contributed by atoms with Gasteiger partial charge in [0.15, 0.2) is 5.16 Å². The van der Waals surface area contributed by atoms with Gasteiger partial charge in [0.25, 0.3) is 0 Å². The average Bonchev–Trinajstić information content (AvgIpc) is 2.97. The van der Waals surface area contributed by atoms with E-state index in [0.29, 0.717) is 6.10 Å². The summed E-state index contributed by atoms with van der Waals surface area (Å²) in [4.78, 5) is 11.4. The van der Waals surface area contributed by atoms with E-state index < -0.39 is 0 Å². The van der Waals surface area contributed by atoms with Crippen LogP contribution in [0.3, 0.4) is 0 Å². The third-order valence-electron chi connectivity index (χ3n) is 3.39. The number of thioether (sulfide) groups is 1. The standard InChI is InChI=1S/C14H24N4OS/c1-4-15-12-9-13(17-14(16-12)20-3)18(5-2)10-11-7-6-8-19-11/h9,11H,4-8,10H2,1-3H3,(H,15,16,17). The summed E-state index contributed by atoms with van der Waals surface area (Å²) in [6, 6.07) is 2.03. The van der Waals surface area contributed by atoms with Gasteiger partial charge in [-0.1, -0.05) is 11.8 Å². The molecule has 0 saturated carbocycles. The lowest BCUT2D eigenvalue weighted by Gasteiger charge is -2.25. The van der Waals surface area contributed by atoms with Gasteiger partial charge in [0.05, 0.1) is 6.10 Å². The summed E-state index contributed by atoms with van der Waals surface area (Å²) >= 11 is 1.57. The third kappa shape index (κ3) is 3.99. The summed E-state index contributed by atoms with van der Waals surface area (Å²) in [5.74, 6) is 1.88. The molecule has 112 valence electrons. The first-order chi connectivity index (χ1) is 9.76.